The molecule has 2 fully saturated rings. The van der Waals surface area contributed by atoms with Gasteiger partial charge in [0.2, 0.25) is 11.9 Å². The number of nitrogens with one attached hydrogen (secondary N) is 2. The summed E-state index contributed by atoms with van der Waals surface area (Å²) in [7, 11) is 0. The van der Waals surface area contributed by atoms with E-state index in [1.807, 2.05) is 17.9 Å². The Morgan fingerprint density at radius 1 is 1.15 bits per heavy atom. The molecule has 1 amide bonds. The van der Waals surface area contributed by atoms with Gasteiger partial charge in [0, 0.05) is 43.9 Å². The number of benzene rings is 1. The summed E-state index contributed by atoms with van der Waals surface area (Å²) in [6.07, 6.45) is 3.13. The second-order valence-corrected chi connectivity index (χ2v) is 9.56. The van der Waals surface area contributed by atoms with E-state index in [-0.39, 0.29) is 17.9 Å². The Bertz CT molecular complexity index is 1020. The van der Waals surface area contributed by atoms with Crippen LogP contribution in [0.15, 0.2) is 29.1 Å². The number of aryl methyl sites for hydroxylation is 1. The van der Waals surface area contributed by atoms with Gasteiger partial charge in [0.1, 0.15) is 0 Å². The van der Waals surface area contributed by atoms with Gasteiger partial charge in [-0.1, -0.05) is 31.2 Å². The second kappa shape index (κ2) is 11.6. The summed E-state index contributed by atoms with van der Waals surface area (Å²) in [5.74, 6) is 1.34. The molecule has 0 saturated carbocycles. The third kappa shape index (κ3) is 6.45. The van der Waals surface area contributed by atoms with Crippen LogP contribution in [0.2, 0.25) is 0 Å². The zero-order valence-electron chi connectivity index (χ0n) is 20.4. The van der Waals surface area contributed by atoms with E-state index in [2.05, 4.69) is 45.3 Å². The van der Waals surface area contributed by atoms with E-state index in [4.69, 9.17) is 4.74 Å². The molecule has 8 nitrogen and oxygen atoms in total. The third-order valence-corrected chi connectivity index (χ3v) is 6.99. The number of nitrogens with zero attached hydrogens (tertiary/aromatic N) is 3. The predicted molar refractivity (Wildman–Crippen MR) is 133 cm³/mol. The zero-order chi connectivity index (χ0) is 23.9. The Labute approximate surface area is 201 Å². The van der Waals surface area contributed by atoms with Gasteiger partial charge in [-0.3, -0.25) is 19.5 Å². The minimum atomic E-state index is -0.164. The number of carbonyl (C=O) groups is 1. The number of carbonyl (C=O) groups excluding carboxylic acids is 1. The van der Waals surface area contributed by atoms with E-state index in [0.717, 1.165) is 31.1 Å². The van der Waals surface area contributed by atoms with Gasteiger partial charge in [0.15, 0.2) is 0 Å². The standard InChI is InChI=1S/C26H37N5O3/c1-19-9-11-30(12-10-19)18-22-6-4-3-5-21(22)17-27-24(32)8-7-23-20(2)28-26(29-25(23)33)31-13-15-34-16-14-31/h3-6,19H,7-18H2,1-2H3,(H,27,32)(H,28,29,33). The van der Waals surface area contributed by atoms with E-state index in [1.54, 1.807) is 0 Å². The quantitative estimate of drug-likeness (QED) is 0.620. The Balaban J connectivity index is 1.30. The number of aromatic nitrogens is 2. The molecule has 2 aliphatic rings. The molecule has 0 atom stereocenters. The van der Waals surface area contributed by atoms with Gasteiger partial charge in [-0.25, -0.2) is 4.98 Å². The molecule has 2 saturated heterocycles. The van der Waals surface area contributed by atoms with Crippen molar-refractivity contribution in [2.75, 3.05) is 44.3 Å². The number of anilines is 1. The third-order valence-electron chi connectivity index (χ3n) is 6.99. The highest BCUT2D eigenvalue weighted by molar-refractivity contribution is 5.76. The van der Waals surface area contributed by atoms with Gasteiger partial charge in [-0.05, 0) is 56.3 Å². The molecule has 0 aliphatic carbocycles. The van der Waals surface area contributed by atoms with Gasteiger partial charge >= 0.3 is 0 Å². The van der Waals surface area contributed by atoms with Crippen LogP contribution in [0.3, 0.4) is 0 Å². The van der Waals surface area contributed by atoms with E-state index < -0.39 is 0 Å². The fourth-order valence-electron chi connectivity index (χ4n) is 4.68. The van der Waals surface area contributed by atoms with Crippen molar-refractivity contribution >= 4 is 11.9 Å². The van der Waals surface area contributed by atoms with Crippen molar-refractivity contribution in [3.8, 4) is 0 Å². The molecular formula is C26H37N5O3. The van der Waals surface area contributed by atoms with Crippen molar-refractivity contribution in [1.82, 2.24) is 20.2 Å². The first kappa shape index (κ1) is 24.4. The number of hydrogen-bond donors (Lipinski definition) is 2. The largest absolute Gasteiger partial charge is 0.378 e. The average Bonchev–Trinajstić information content (AvgIpc) is 2.85. The van der Waals surface area contributed by atoms with E-state index in [9.17, 15) is 9.59 Å². The van der Waals surface area contributed by atoms with Gasteiger partial charge in [0.05, 0.1) is 13.2 Å². The summed E-state index contributed by atoms with van der Waals surface area (Å²) in [5.41, 5.74) is 3.52. The van der Waals surface area contributed by atoms with Crippen molar-refractivity contribution < 1.29 is 9.53 Å². The number of H-pyrrole nitrogens is 1. The molecule has 0 unspecified atom stereocenters. The van der Waals surface area contributed by atoms with Crippen LogP contribution >= 0.6 is 0 Å². The molecule has 0 spiro atoms. The number of amides is 1. The van der Waals surface area contributed by atoms with Crippen molar-refractivity contribution in [2.24, 2.45) is 5.92 Å². The van der Waals surface area contributed by atoms with Crippen LogP contribution in [0.5, 0.6) is 0 Å². The fourth-order valence-corrected chi connectivity index (χ4v) is 4.68. The van der Waals surface area contributed by atoms with Crippen LogP contribution in [0.1, 0.15) is 48.6 Å². The average molecular weight is 468 g/mol. The lowest BCUT2D eigenvalue weighted by molar-refractivity contribution is -0.121. The van der Waals surface area contributed by atoms with Crippen LogP contribution in [-0.2, 0) is 29.0 Å². The molecule has 0 bridgehead atoms. The van der Waals surface area contributed by atoms with Gasteiger partial charge in [-0.15, -0.1) is 0 Å². The highest BCUT2D eigenvalue weighted by Crippen LogP contribution is 2.20. The van der Waals surface area contributed by atoms with E-state index in [0.29, 0.717) is 56.5 Å². The molecule has 1 aromatic carbocycles. The summed E-state index contributed by atoms with van der Waals surface area (Å²) in [4.78, 5) is 37.2. The Morgan fingerprint density at radius 3 is 2.56 bits per heavy atom. The maximum absolute atomic E-state index is 12.7. The summed E-state index contributed by atoms with van der Waals surface area (Å²) in [6.45, 7) is 10.5. The second-order valence-electron chi connectivity index (χ2n) is 9.56. The highest BCUT2D eigenvalue weighted by atomic mass is 16.5. The lowest BCUT2D eigenvalue weighted by Gasteiger charge is -2.30. The van der Waals surface area contributed by atoms with E-state index >= 15 is 0 Å². The Kier molecular flexibility index (Phi) is 8.34. The Hall–Kier alpha value is -2.71. The molecular weight excluding hydrogens is 430 g/mol. The highest BCUT2D eigenvalue weighted by Gasteiger charge is 2.18. The monoisotopic (exact) mass is 467 g/mol. The molecule has 8 heteroatoms. The number of piperidine rings is 1. The van der Waals surface area contributed by atoms with Crippen LogP contribution in [-0.4, -0.2) is 60.2 Å². The number of ether oxygens (including phenoxy) is 1. The number of aromatic amines is 1. The first-order valence-electron chi connectivity index (χ1n) is 12.5. The molecule has 2 aliphatic heterocycles. The topological polar surface area (TPSA) is 90.6 Å². The lowest BCUT2D eigenvalue weighted by Crippen LogP contribution is -2.38. The van der Waals surface area contributed by atoms with Crippen LogP contribution in [0.4, 0.5) is 5.95 Å². The lowest BCUT2D eigenvalue weighted by atomic mass is 9.98. The number of likely N-dealkylation sites (tertiary alicyclic amines) is 1. The van der Waals surface area contributed by atoms with Gasteiger partial charge in [-0.2, -0.15) is 0 Å². The molecule has 184 valence electrons. The summed E-state index contributed by atoms with van der Waals surface area (Å²) in [5, 5.41) is 3.04. The zero-order valence-corrected chi connectivity index (χ0v) is 20.4. The minimum absolute atomic E-state index is 0.0577. The number of hydrogen-bond acceptors (Lipinski definition) is 6. The summed E-state index contributed by atoms with van der Waals surface area (Å²) >= 11 is 0. The minimum Gasteiger partial charge on any atom is -0.378 e. The predicted octanol–water partition coefficient (Wildman–Crippen LogP) is 2.40. The SMILES string of the molecule is Cc1nc(N2CCOCC2)[nH]c(=O)c1CCC(=O)NCc1ccccc1CN1CCC(C)CC1. The fraction of sp³-hybridized carbons (Fsp3) is 0.577. The molecule has 3 heterocycles. The van der Waals surface area contributed by atoms with Crippen molar-refractivity contribution in [1.29, 1.82) is 0 Å². The molecule has 4 rings (SSSR count). The van der Waals surface area contributed by atoms with Crippen molar-refractivity contribution in [2.45, 2.75) is 52.6 Å². The van der Waals surface area contributed by atoms with Crippen LogP contribution in [0, 0.1) is 12.8 Å². The van der Waals surface area contributed by atoms with Crippen LogP contribution < -0.4 is 15.8 Å². The van der Waals surface area contributed by atoms with E-state index in [1.165, 1.54) is 18.4 Å². The molecule has 34 heavy (non-hydrogen) atoms. The smallest absolute Gasteiger partial charge is 0.255 e. The van der Waals surface area contributed by atoms with Crippen LogP contribution in [0.25, 0.3) is 0 Å². The van der Waals surface area contributed by atoms with Crippen molar-refractivity contribution in [3.63, 3.8) is 0 Å². The number of morpholine rings is 1. The first-order valence-corrected chi connectivity index (χ1v) is 12.5. The maximum Gasteiger partial charge on any atom is 0.255 e. The molecule has 2 N–H and O–H groups in total. The normalized spacial score (nSPS) is 17.6. The summed E-state index contributed by atoms with van der Waals surface area (Å²) in [6, 6.07) is 8.33. The maximum atomic E-state index is 12.7. The first-order chi connectivity index (χ1) is 16.5. The van der Waals surface area contributed by atoms with Gasteiger partial charge < -0.3 is 15.0 Å². The number of rotatable bonds is 8. The molecule has 0 radical (unpaired) electrons. The Morgan fingerprint density at radius 2 is 1.85 bits per heavy atom. The van der Waals surface area contributed by atoms with Crippen molar-refractivity contribution in [3.05, 3.63) is 57.0 Å². The molecule has 1 aromatic heterocycles. The molecule has 2 aromatic rings. The van der Waals surface area contributed by atoms with Gasteiger partial charge in [0.25, 0.3) is 5.56 Å². The summed E-state index contributed by atoms with van der Waals surface area (Å²) < 4.78 is 5.37.